The molecule has 0 aliphatic carbocycles. The number of hydrogen-bond donors (Lipinski definition) is 1. The molecule has 2 aromatic carbocycles. The van der Waals surface area contributed by atoms with E-state index in [9.17, 15) is 13.2 Å². The summed E-state index contributed by atoms with van der Waals surface area (Å²) in [5, 5.41) is 3.85. The molecule has 2 aromatic rings. The predicted octanol–water partition coefficient (Wildman–Crippen LogP) is 6.39. The summed E-state index contributed by atoms with van der Waals surface area (Å²) in [5.74, 6) is 0. The number of alkyl halides is 3. The summed E-state index contributed by atoms with van der Waals surface area (Å²) in [6.07, 6.45) is -2.62. The van der Waals surface area contributed by atoms with Crippen LogP contribution in [0.2, 0.25) is 10.0 Å². The van der Waals surface area contributed by atoms with Crippen molar-refractivity contribution in [3.63, 3.8) is 0 Å². The van der Waals surface area contributed by atoms with E-state index in [4.69, 9.17) is 40.2 Å². The minimum Gasteiger partial charge on any atom is -0.376 e. The van der Waals surface area contributed by atoms with Crippen molar-refractivity contribution in [3.8, 4) is 0 Å². The lowest BCUT2D eigenvalue weighted by molar-refractivity contribution is -0.137. The van der Waals surface area contributed by atoms with Gasteiger partial charge in [-0.15, -0.1) is 0 Å². The molecule has 156 valence electrons. The Kier molecular flexibility index (Phi) is 7.27. The molecular weight excluding hydrogens is 444 g/mol. The number of rotatable bonds is 5. The molecule has 1 heterocycles. The second kappa shape index (κ2) is 9.51. The van der Waals surface area contributed by atoms with Gasteiger partial charge in [0.05, 0.1) is 22.4 Å². The SMILES string of the molecule is FC(F)(F)c1ccc(Cl)c(NC(=S)N(Cc2ccccc2Cl)CC2CCCO2)c1. The van der Waals surface area contributed by atoms with Crippen LogP contribution >= 0.6 is 35.4 Å². The third-order valence-electron chi connectivity index (χ3n) is 4.59. The maximum absolute atomic E-state index is 13.1. The number of halogens is 5. The minimum absolute atomic E-state index is 0.00535. The van der Waals surface area contributed by atoms with Gasteiger partial charge in [-0.25, -0.2) is 0 Å². The number of ether oxygens (including phenoxy) is 1. The summed E-state index contributed by atoms with van der Waals surface area (Å²) >= 11 is 17.9. The number of thiocarbonyl (C=S) groups is 1. The van der Waals surface area contributed by atoms with Crippen molar-refractivity contribution in [2.75, 3.05) is 18.5 Å². The second-order valence-corrected chi connectivity index (χ2v) is 7.93. The van der Waals surface area contributed by atoms with Gasteiger partial charge < -0.3 is 15.0 Å². The first-order valence-corrected chi connectivity index (χ1v) is 10.2. The summed E-state index contributed by atoms with van der Waals surface area (Å²) in [5.41, 5.74) is 0.151. The Balaban J connectivity index is 1.81. The number of benzene rings is 2. The Labute approximate surface area is 182 Å². The van der Waals surface area contributed by atoms with Crippen molar-refractivity contribution < 1.29 is 17.9 Å². The monoisotopic (exact) mass is 462 g/mol. The molecule has 1 saturated heterocycles. The molecule has 1 fully saturated rings. The van der Waals surface area contributed by atoms with Crippen LogP contribution in [0.3, 0.4) is 0 Å². The van der Waals surface area contributed by atoms with Crippen LogP contribution in [-0.4, -0.2) is 29.3 Å². The van der Waals surface area contributed by atoms with Crippen LogP contribution in [0.5, 0.6) is 0 Å². The highest BCUT2D eigenvalue weighted by Crippen LogP contribution is 2.34. The van der Waals surface area contributed by atoms with E-state index in [0.29, 0.717) is 24.7 Å². The van der Waals surface area contributed by atoms with E-state index < -0.39 is 11.7 Å². The van der Waals surface area contributed by atoms with Gasteiger partial charge in [-0.05, 0) is 54.9 Å². The summed E-state index contributed by atoms with van der Waals surface area (Å²) < 4.78 is 44.9. The van der Waals surface area contributed by atoms with Crippen LogP contribution in [0.15, 0.2) is 42.5 Å². The highest BCUT2D eigenvalue weighted by Gasteiger charge is 2.31. The van der Waals surface area contributed by atoms with Crippen LogP contribution in [0.1, 0.15) is 24.0 Å². The molecule has 0 saturated carbocycles. The fourth-order valence-corrected chi connectivity index (χ4v) is 3.69. The highest BCUT2D eigenvalue weighted by molar-refractivity contribution is 7.80. The lowest BCUT2D eigenvalue weighted by Crippen LogP contribution is -2.39. The first-order chi connectivity index (χ1) is 13.7. The van der Waals surface area contributed by atoms with Gasteiger partial charge in [0.15, 0.2) is 5.11 Å². The zero-order valence-corrected chi connectivity index (χ0v) is 17.6. The largest absolute Gasteiger partial charge is 0.416 e. The summed E-state index contributed by atoms with van der Waals surface area (Å²) in [6, 6.07) is 10.4. The van der Waals surface area contributed by atoms with E-state index in [1.54, 1.807) is 6.07 Å². The number of nitrogens with zero attached hydrogens (tertiary/aromatic N) is 1. The zero-order valence-electron chi connectivity index (χ0n) is 15.3. The van der Waals surface area contributed by atoms with Crippen LogP contribution < -0.4 is 5.32 Å². The molecule has 0 spiro atoms. The molecule has 9 heteroatoms. The topological polar surface area (TPSA) is 24.5 Å². The van der Waals surface area contributed by atoms with E-state index >= 15 is 0 Å². The van der Waals surface area contributed by atoms with Crippen LogP contribution in [0.4, 0.5) is 18.9 Å². The number of hydrogen-bond acceptors (Lipinski definition) is 2. The lowest BCUT2D eigenvalue weighted by Gasteiger charge is -2.29. The smallest absolute Gasteiger partial charge is 0.376 e. The summed E-state index contributed by atoms with van der Waals surface area (Å²) in [4.78, 5) is 1.84. The van der Waals surface area contributed by atoms with E-state index in [1.165, 1.54) is 6.07 Å². The molecule has 1 aliphatic heterocycles. The average Bonchev–Trinajstić information content (AvgIpc) is 3.17. The normalized spacial score (nSPS) is 16.7. The molecule has 1 aliphatic rings. The van der Waals surface area contributed by atoms with Crippen molar-refractivity contribution in [1.29, 1.82) is 0 Å². The van der Waals surface area contributed by atoms with Gasteiger partial charge >= 0.3 is 6.18 Å². The van der Waals surface area contributed by atoms with E-state index in [2.05, 4.69) is 5.32 Å². The Morgan fingerprint density at radius 1 is 1.17 bits per heavy atom. The quantitative estimate of drug-likeness (QED) is 0.520. The Bertz CT molecular complexity index is 873. The van der Waals surface area contributed by atoms with Gasteiger partial charge in [-0.1, -0.05) is 41.4 Å². The molecule has 3 nitrogen and oxygen atoms in total. The Hall–Kier alpha value is -1.54. The van der Waals surface area contributed by atoms with Crippen molar-refractivity contribution in [2.24, 2.45) is 0 Å². The fourth-order valence-electron chi connectivity index (χ4n) is 3.08. The third-order valence-corrected chi connectivity index (χ3v) is 5.65. The zero-order chi connectivity index (χ0) is 21.0. The first kappa shape index (κ1) is 22.2. The molecule has 3 rings (SSSR count). The Morgan fingerprint density at radius 2 is 1.93 bits per heavy atom. The molecule has 1 unspecified atom stereocenters. The van der Waals surface area contributed by atoms with Gasteiger partial charge in [0.1, 0.15) is 0 Å². The average molecular weight is 463 g/mol. The fraction of sp³-hybridized carbons (Fsp3) is 0.350. The van der Waals surface area contributed by atoms with Crippen molar-refractivity contribution in [2.45, 2.75) is 31.7 Å². The number of nitrogens with one attached hydrogen (secondary N) is 1. The van der Waals surface area contributed by atoms with Gasteiger partial charge in [0, 0.05) is 24.7 Å². The van der Waals surface area contributed by atoms with E-state index in [1.807, 2.05) is 23.1 Å². The standard InChI is InChI=1S/C20H19Cl2F3N2OS/c21-16-6-2-1-4-13(16)11-27(12-15-5-3-9-28-15)19(29)26-18-10-14(20(23,24)25)7-8-17(18)22/h1-2,4,6-8,10,15H,3,5,9,11-12H2,(H,26,29). The minimum atomic E-state index is -4.47. The van der Waals surface area contributed by atoms with Crippen molar-refractivity contribution >= 4 is 46.2 Å². The van der Waals surface area contributed by atoms with E-state index in [-0.39, 0.29) is 21.9 Å². The first-order valence-electron chi connectivity index (χ1n) is 9.01. The molecule has 0 bridgehead atoms. The molecule has 0 radical (unpaired) electrons. The highest BCUT2D eigenvalue weighted by atomic mass is 35.5. The maximum Gasteiger partial charge on any atom is 0.416 e. The molecule has 0 amide bonds. The van der Waals surface area contributed by atoms with Crippen LogP contribution in [0, 0.1) is 0 Å². The predicted molar refractivity (Wildman–Crippen MR) is 114 cm³/mol. The van der Waals surface area contributed by atoms with Crippen molar-refractivity contribution in [1.82, 2.24) is 4.90 Å². The molecule has 1 atom stereocenters. The molecule has 0 aromatic heterocycles. The summed E-state index contributed by atoms with van der Waals surface area (Å²) in [6.45, 7) is 1.57. The van der Waals surface area contributed by atoms with Crippen molar-refractivity contribution in [3.05, 3.63) is 63.6 Å². The third kappa shape index (κ3) is 5.98. The lowest BCUT2D eigenvalue weighted by atomic mass is 10.2. The second-order valence-electron chi connectivity index (χ2n) is 6.73. The molecule has 29 heavy (non-hydrogen) atoms. The Morgan fingerprint density at radius 3 is 2.59 bits per heavy atom. The van der Waals surface area contributed by atoms with E-state index in [0.717, 1.165) is 30.5 Å². The molecular formula is C20H19Cl2F3N2OS. The van der Waals surface area contributed by atoms with Gasteiger partial charge in [0.25, 0.3) is 0 Å². The van der Waals surface area contributed by atoms with Gasteiger partial charge in [0.2, 0.25) is 0 Å². The van der Waals surface area contributed by atoms with Crippen LogP contribution in [0.25, 0.3) is 0 Å². The number of anilines is 1. The van der Waals surface area contributed by atoms with Gasteiger partial charge in [-0.3, -0.25) is 0 Å². The summed E-state index contributed by atoms with van der Waals surface area (Å²) in [7, 11) is 0. The molecule has 1 N–H and O–H groups in total. The van der Waals surface area contributed by atoms with Crippen LogP contribution in [-0.2, 0) is 17.5 Å². The maximum atomic E-state index is 13.1. The van der Waals surface area contributed by atoms with Gasteiger partial charge in [-0.2, -0.15) is 13.2 Å².